The molecule has 0 fully saturated rings. The summed E-state index contributed by atoms with van der Waals surface area (Å²) in [6.07, 6.45) is 2.08. The molecule has 1 N–H and O–H groups in total. The number of pyridine rings is 1. The van der Waals surface area contributed by atoms with Crippen LogP contribution in [-0.2, 0) is 29.6 Å². The van der Waals surface area contributed by atoms with Crippen molar-refractivity contribution in [1.82, 2.24) is 9.47 Å². The van der Waals surface area contributed by atoms with E-state index in [4.69, 9.17) is 0 Å². The van der Waals surface area contributed by atoms with Crippen molar-refractivity contribution in [3.05, 3.63) is 63.6 Å². The highest BCUT2D eigenvalue weighted by molar-refractivity contribution is 5.97. The molecule has 6 nitrogen and oxygen atoms in total. The van der Waals surface area contributed by atoms with Crippen molar-refractivity contribution in [1.29, 1.82) is 0 Å². The van der Waals surface area contributed by atoms with Gasteiger partial charge < -0.3 is 14.8 Å². The van der Waals surface area contributed by atoms with E-state index in [-0.39, 0.29) is 17.4 Å². The van der Waals surface area contributed by atoms with E-state index in [1.165, 1.54) is 17.6 Å². The summed E-state index contributed by atoms with van der Waals surface area (Å²) in [6, 6.07) is 8.76. The lowest BCUT2D eigenvalue weighted by Gasteiger charge is -2.35. The Bertz CT molecular complexity index is 901. The Morgan fingerprint density at radius 3 is 2.56 bits per heavy atom. The predicted molar refractivity (Wildman–Crippen MR) is 95.2 cm³/mol. The van der Waals surface area contributed by atoms with Crippen molar-refractivity contribution in [3.63, 3.8) is 0 Å². The third kappa shape index (κ3) is 3.33. The van der Waals surface area contributed by atoms with Crippen LogP contribution in [0.4, 0.5) is 5.69 Å². The maximum Gasteiger partial charge on any atom is 0.250 e. The lowest BCUT2D eigenvalue weighted by atomic mass is 9.93. The van der Waals surface area contributed by atoms with Crippen molar-refractivity contribution in [2.45, 2.75) is 32.9 Å². The first-order valence-corrected chi connectivity index (χ1v) is 8.19. The largest absolute Gasteiger partial charge is 0.326 e. The highest BCUT2D eigenvalue weighted by Gasteiger charge is 2.33. The fraction of sp³-hybridized carbons (Fsp3) is 0.316. The van der Waals surface area contributed by atoms with Crippen LogP contribution in [0.25, 0.3) is 0 Å². The lowest BCUT2D eigenvalue weighted by Crippen LogP contribution is -2.50. The van der Waals surface area contributed by atoms with Gasteiger partial charge in [-0.05, 0) is 23.6 Å². The second kappa shape index (κ2) is 6.55. The zero-order valence-corrected chi connectivity index (χ0v) is 14.6. The standard InChI is InChI=1S/C19H21N3O3/c1-12-8-18(24)21(3)11-16(12)20-19(25)17-9-14-6-4-5-7-15(14)10-22(17)13(2)23/h4-8,11,17H,9-10H2,1-3H3,(H,20,25). The number of hydrogen-bond donors (Lipinski definition) is 1. The Labute approximate surface area is 146 Å². The highest BCUT2D eigenvalue weighted by atomic mass is 16.2. The van der Waals surface area contributed by atoms with Gasteiger partial charge in [-0.2, -0.15) is 0 Å². The van der Waals surface area contributed by atoms with Gasteiger partial charge >= 0.3 is 0 Å². The van der Waals surface area contributed by atoms with Gasteiger partial charge in [0.1, 0.15) is 6.04 Å². The number of amides is 2. The molecule has 0 saturated carbocycles. The topological polar surface area (TPSA) is 71.4 Å². The minimum absolute atomic E-state index is 0.132. The van der Waals surface area contributed by atoms with Crippen LogP contribution >= 0.6 is 0 Å². The van der Waals surface area contributed by atoms with Gasteiger partial charge in [0.2, 0.25) is 11.8 Å². The van der Waals surface area contributed by atoms with Crippen molar-refractivity contribution >= 4 is 17.5 Å². The fourth-order valence-electron chi connectivity index (χ4n) is 3.16. The fourth-order valence-corrected chi connectivity index (χ4v) is 3.16. The molecule has 1 aromatic heterocycles. The highest BCUT2D eigenvalue weighted by Crippen LogP contribution is 2.24. The number of anilines is 1. The van der Waals surface area contributed by atoms with Gasteiger partial charge in [-0.25, -0.2) is 0 Å². The Morgan fingerprint density at radius 2 is 1.88 bits per heavy atom. The monoisotopic (exact) mass is 339 g/mol. The second-order valence-corrected chi connectivity index (χ2v) is 6.44. The summed E-state index contributed by atoms with van der Waals surface area (Å²) in [7, 11) is 1.64. The van der Waals surface area contributed by atoms with Gasteiger partial charge in [-0.1, -0.05) is 24.3 Å². The first kappa shape index (κ1) is 17.0. The summed E-state index contributed by atoms with van der Waals surface area (Å²) in [6.45, 7) is 3.68. The zero-order valence-electron chi connectivity index (χ0n) is 14.6. The predicted octanol–water partition coefficient (Wildman–Crippen LogP) is 1.61. The van der Waals surface area contributed by atoms with Crippen LogP contribution in [0.1, 0.15) is 23.6 Å². The van der Waals surface area contributed by atoms with Gasteiger partial charge in [0, 0.05) is 39.2 Å². The molecule has 0 spiro atoms. The van der Waals surface area contributed by atoms with Crippen molar-refractivity contribution < 1.29 is 9.59 Å². The third-order valence-electron chi connectivity index (χ3n) is 4.65. The third-order valence-corrected chi connectivity index (χ3v) is 4.65. The number of aromatic nitrogens is 1. The molecular weight excluding hydrogens is 318 g/mol. The number of hydrogen-bond acceptors (Lipinski definition) is 3. The molecule has 1 atom stereocenters. The van der Waals surface area contributed by atoms with E-state index in [0.717, 1.165) is 11.1 Å². The molecule has 0 aliphatic carbocycles. The van der Waals surface area contributed by atoms with E-state index in [1.54, 1.807) is 25.1 Å². The number of carbonyl (C=O) groups is 2. The molecule has 130 valence electrons. The first-order valence-electron chi connectivity index (χ1n) is 8.19. The summed E-state index contributed by atoms with van der Waals surface area (Å²) in [5, 5.41) is 2.87. The zero-order chi connectivity index (χ0) is 18.1. The summed E-state index contributed by atoms with van der Waals surface area (Å²) < 4.78 is 1.42. The summed E-state index contributed by atoms with van der Waals surface area (Å²) in [5.41, 5.74) is 3.29. The number of nitrogens with zero attached hydrogens (tertiary/aromatic N) is 2. The Morgan fingerprint density at radius 1 is 1.20 bits per heavy atom. The van der Waals surface area contributed by atoms with Crippen LogP contribution in [0.5, 0.6) is 0 Å². The Hall–Kier alpha value is -2.89. The van der Waals surface area contributed by atoms with E-state index in [2.05, 4.69) is 5.32 Å². The number of aryl methyl sites for hydroxylation is 2. The smallest absolute Gasteiger partial charge is 0.250 e. The Kier molecular flexibility index (Phi) is 4.44. The van der Waals surface area contributed by atoms with Gasteiger partial charge in [0.25, 0.3) is 5.56 Å². The van der Waals surface area contributed by atoms with E-state index < -0.39 is 6.04 Å². The summed E-state index contributed by atoms with van der Waals surface area (Å²) in [4.78, 5) is 38.1. The number of nitrogens with one attached hydrogen (secondary N) is 1. The maximum atomic E-state index is 12.8. The van der Waals surface area contributed by atoms with Crippen LogP contribution in [0.2, 0.25) is 0 Å². The molecule has 3 rings (SSSR count). The van der Waals surface area contributed by atoms with Crippen molar-refractivity contribution in [2.75, 3.05) is 5.32 Å². The van der Waals surface area contributed by atoms with E-state index in [1.807, 2.05) is 24.3 Å². The Balaban J connectivity index is 1.89. The molecular formula is C19H21N3O3. The molecule has 2 heterocycles. The minimum atomic E-state index is -0.566. The van der Waals surface area contributed by atoms with Crippen LogP contribution < -0.4 is 10.9 Å². The van der Waals surface area contributed by atoms with Gasteiger partial charge in [-0.15, -0.1) is 0 Å². The van der Waals surface area contributed by atoms with Gasteiger partial charge in [0.15, 0.2) is 0 Å². The maximum absolute atomic E-state index is 12.8. The van der Waals surface area contributed by atoms with E-state index >= 15 is 0 Å². The molecule has 6 heteroatoms. The molecule has 2 amide bonds. The van der Waals surface area contributed by atoms with Crippen molar-refractivity contribution in [3.8, 4) is 0 Å². The molecule has 1 aromatic carbocycles. The second-order valence-electron chi connectivity index (χ2n) is 6.44. The summed E-state index contributed by atoms with van der Waals surface area (Å²) in [5.74, 6) is -0.377. The quantitative estimate of drug-likeness (QED) is 0.903. The molecule has 0 saturated heterocycles. The number of rotatable bonds is 2. The average molecular weight is 339 g/mol. The SMILES string of the molecule is CC(=O)N1Cc2ccccc2CC1C(=O)Nc1cn(C)c(=O)cc1C. The molecule has 1 aliphatic rings. The first-order chi connectivity index (χ1) is 11.9. The van der Waals surface area contributed by atoms with Crippen molar-refractivity contribution in [2.24, 2.45) is 7.05 Å². The summed E-state index contributed by atoms with van der Waals surface area (Å²) >= 11 is 0. The number of fused-ring (bicyclic) bond motifs is 1. The molecule has 1 aliphatic heterocycles. The molecule has 0 bridgehead atoms. The number of benzene rings is 1. The van der Waals surface area contributed by atoms with Gasteiger partial charge in [-0.3, -0.25) is 14.4 Å². The minimum Gasteiger partial charge on any atom is -0.326 e. The normalized spacial score (nSPS) is 16.3. The van der Waals surface area contributed by atoms with Crippen LogP contribution in [-0.4, -0.2) is 27.3 Å². The number of carbonyl (C=O) groups excluding carboxylic acids is 2. The molecule has 25 heavy (non-hydrogen) atoms. The molecule has 0 radical (unpaired) electrons. The van der Waals surface area contributed by atoms with E-state index in [0.29, 0.717) is 24.2 Å². The lowest BCUT2D eigenvalue weighted by molar-refractivity contribution is -0.138. The van der Waals surface area contributed by atoms with Crippen LogP contribution in [0.15, 0.2) is 41.3 Å². The molecule has 1 unspecified atom stereocenters. The average Bonchev–Trinajstić information content (AvgIpc) is 2.58. The van der Waals surface area contributed by atoms with Gasteiger partial charge in [0.05, 0.1) is 5.69 Å². The molecule has 2 aromatic rings. The van der Waals surface area contributed by atoms with Crippen LogP contribution in [0, 0.1) is 6.92 Å². The van der Waals surface area contributed by atoms with E-state index in [9.17, 15) is 14.4 Å². The van der Waals surface area contributed by atoms with Crippen LogP contribution in [0.3, 0.4) is 0 Å².